The van der Waals surface area contributed by atoms with Crippen LogP contribution in [0.4, 0.5) is 0 Å². The number of carbonyl (C=O) groups is 2. The van der Waals surface area contributed by atoms with Crippen LogP contribution in [0.2, 0.25) is 0 Å². The van der Waals surface area contributed by atoms with E-state index >= 15 is 0 Å². The van der Waals surface area contributed by atoms with Crippen molar-refractivity contribution >= 4 is 27.8 Å². The summed E-state index contributed by atoms with van der Waals surface area (Å²) in [5, 5.41) is 0.232. The van der Waals surface area contributed by atoms with Crippen LogP contribution in [-0.4, -0.2) is 48.9 Å². The number of hydrogen-bond acceptors (Lipinski definition) is 4. The van der Waals surface area contributed by atoms with E-state index in [-0.39, 0.29) is 30.2 Å². The van der Waals surface area contributed by atoms with Crippen molar-refractivity contribution in [1.29, 1.82) is 0 Å². The number of benzene rings is 1. The number of alkyl halides is 1. The van der Waals surface area contributed by atoms with Crippen molar-refractivity contribution in [2.45, 2.75) is 13.0 Å². The fourth-order valence-corrected chi connectivity index (χ4v) is 2.04. The zero-order valence-corrected chi connectivity index (χ0v) is 13.7. The number of halogens is 1. The molecule has 1 rings (SSSR count). The Morgan fingerprint density at radius 3 is 2.52 bits per heavy atom. The van der Waals surface area contributed by atoms with Gasteiger partial charge in [0, 0.05) is 20.2 Å². The highest BCUT2D eigenvalue weighted by Gasteiger charge is 2.14. The molecule has 0 aliphatic heterocycles. The van der Waals surface area contributed by atoms with Gasteiger partial charge in [0.25, 0.3) is 0 Å². The van der Waals surface area contributed by atoms with Gasteiger partial charge in [-0.05, 0) is 5.56 Å². The predicted octanol–water partition coefficient (Wildman–Crippen LogP) is 1.99. The summed E-state index contributed by atoms with van der Waals surface area (Å²) >= 11 is 3.13. The number of carbonyl (C=O) groups excluding carboxylic acids is 2. The molecule has 0 N–H and O–H groups in total. The SMILES string of the molecule is COCCN(CCC(=O)OCc1ccccc1)C(=O)CBr. The number of nitrogens with zero attached hydrogens (tertiary/aromatic N) is 1. The first-order valence-electron chi connectivity index (χ1n) is 6.69. The number of esters is 1. The molecule has 21 heavy (non-hydrogen) atoms. The first-order chi connectivity index (χ1) is 10.2. The Morgan fingerprint density at radius 2 is 1.90 bits per heavy atom. The fraction of sp³-hybridized carbons (Fsp3) is 0.467. The van der Waals surface area contributed by atoms with E-state index in [1.54, 1.807) is 12.0 Å². The third kappa shape index (κ3) is 7.24. The third-order valence-corrected chi connectivity index (χ3v) is 3.34. The van der Waals surface area contributed by atoms with E-state index in [0.29, 0.717) is 19.7 Å². The Balaban J connectivity index is 2.33. The van der Waals surface area contributed by atoms with Crippen molar-refractivity contribution in [2.75, 3.05) is 32.1 Å². The van der Waals surface area contributed by atoms with E-state index in [0.717, 1.165) is 5.56 Å². The highest BCUT2D eigenvalue weighted by Crippen LogP contribution is 2.03. The summed E-state index contributed by atoms with van der Waals surface area (Å²) in [5.41, 5.74) is 0.943. The molecule has 0 aliphatic rings. The molecule has 0 atom stereocenters. The van der Waals surface area contributed by atoms with E-state index in [4.69, 9.17) is 9.47 Å². The second-order valence-corrected chi connectivity index (χ2v) is 4.96. The molecule has 116 valence electrons. The molecule has 1 amide bonds. The van der Waals surface area contributed by atoms with Crippen LogP contribution < -0.4 is 0 Å². The maximum atomic E-state index is 11.7. The smallest absolute Gasteiger partial charge is 0.307 e. The number of rotatable bonds is 9. The maximum absolute atomic E-state index is 11.7. The second kappa shape index (κ2) is 10.3. The molecule has 5 nitrogen and oxygen atoms in total. The summed E-state index contributed by atoms with van der Waals surface area (Å²) < 4.78 is 10.1. The van der Waals surface area contributed by atoms with Crippen molar-refractivity contribution in [3.05, 3.63) is 35.9 Å². The molecule has 0 heterocycles. The zero-order valence-electron chi connectivity index (χ0n) is 12.1. The summed E-state index contributed by atoms with van der Waals surface area (Å²) in [6, 6.07) is 9.48. The van der Waals surface area contributed by atoms with Crippen molar-refractivity contribution < 1.29 is 19.1 Å². The van der Waals surface area contributed by atoms with E-state index in [2.05, 4.69) is 15.9 Å². The average molecular weight is 358 g/mol. The molecule has 0 saturated carbocycles. The highest BCUT2D eigenvalue weighted by atomic mass is 79.9. The Kier molecular flexibility index (Phi) is 8.69. The minimum Gasteiger partial charge on any atom is -0.461 e. The van der Waals surface area contributed by atoms with Gasteiger partial charge in [-0.3, -0.25) is 9.59 Å². The molecular formula is C15H20BrNO4. The van der Waals surface area contributed by atoms with Gasteiger partial charge in [0.2, 0.25) is 5.91 Å². The monoisotopic (exact) mass is 357 g/mol. The van der Waals surface area contributed by atoms with Gasteiger partial charge < -0.3 is 14.4 Å². The van der Waals surface area contributed by atoms with Gasteiger partial charge in [0.05, 0.1) is 18.4 Å². The van der Waals surface area contributed by atoms with Crippen LogP contribution >= 0.6 is 15.9 Å². The van der Waals surface area contributed by atoms with E-state index in [1.165, 1.54) is 0 Å². The van der Waals surface area contributed by atoms with Crippen LogP contribution in [0, 0.1) is 0 Å². The van der Waals surface area contributed by atoms with Crippen molar-refractivity contribution in [3.8, 4) is 0 Å². The number of methoxy groups -OCH3 is 1. The molecule has 0 saturated heterocycles. The van der Waals surface area contributed by atoms with Gasteiger partial charge in [-0.15, -0.1) is 0 Å². The Hall–Kier alpha value is -1.40. The average Bonchev–Trinajstić information content (AvgIpc) is 2.53. The lowest BCUT2D eigenvalue weighted by atomic mass is 10.2. The summed E-state index contributed by atoms with van der Waals surface area (Å²) in [4.78, 5) is 25.0. The molecule has 1 aromatic carbocycles. The summed E-state index contributed by atoms with van der Waals surface area (Å²) in [6.45, 7) is 1.50. The molecule has 0 fully saturated rings. The van der Waals surface area contributed by atoms with Crippen molar-refractivity contribution in [1.82, 2.24) is 4.90 Å². The summed E-state index contributed by atoms with van der Waals surface area (Å²) in [7, 11) is 1.57. The van der Waals surface area contributed by atoms with Crippen LogP contribution in [0.1, 0.15) is 12.0 Å². The van der Waals surface area contributed by atoms with Crippen molar-refractivity contribution in [2.24, 2.45) is 0 Å². The second-order valence-electron chi connectivity index (χ2n) is 4.40. The van der Waals surface area contributed by atoms with Crippen LogP contribution in [0.15, 0.2) is 30.3 Å². The molecule has 0 aromatic heterocycles. The largest absolute Gasteiger partial charge is 0.461 e. The molecular weight excluding hydrogens is 338 g/mol. The molecule has 1 aromatic rings. The van der Waals surface area contributed by atoms with Gasteiger partial charge in [0.15, 0.2) is 0 Å². The van der Waals surface area contributed by atoms with E-state index in [1.807, 2.05) is 30.3 Å². The first kappa shape index (κ1) is 17.7. The molecule has 0 bridgehead atoms. The van der Waals surface area contributed by atoms with Crippen LogP contribution in [0.3, 0.4) is 0 Å². The van der Waals surface area contributed by atoms with Crippen LogP contribution in [0.5, 0.6) is 0 Å². The molecule has 0 unspecified atom stereocenters. The Morgan fingerprint density at radius 1 is 1.19 bits per heavy atom. The molecule has 0 aliphatic carbocycles. The topological polar surface area (TPSA) is 55.8 Å². The predicted molar refractivity (Wildman–Crippen MR) is 83.1 cm³/mol. The maximum Gasteiger partial charge on any atom is 0.307 e. The molecule has 0 radical (unpaired) electrons. The number of ether oxygens (including phenoxy) is 2. The number of amides is 1. The normalized spacial score (nSPS) is 10.2. The van der Waals surface area contributed by atoms with Crippen LogP contribution in [-0.2, 0) is 25.7 Å². The highest BCUT2D eigenvalue weighted by molar-refractivity contribution is 9.09. The lowest BCUT2D eigenvalue weighted by Crippen LogP contribution is -2.36. The first-order valence-corrected chi connectivity index (χ1v) is 7.81. The lowest BCUT2D eigenvalue weighted by Gasteiger charge is -2.21. The van der Waals surface area contributed by atoms with Gasteiger partial charge >= 0.3 is 5.97 Å². The van der Waals surface area contributed by atoms with Gasteiger partial charge in [0.1, 0.15) is 6.61 Å². The quantitative estimate of drug-likeness (QED) is 0.501. The number of hydrogen-bond donors (Lipinski definition) is 0. The Bertz CT molecular complexity index is 439. The van der Waals surface area contributed by atoms with Gasteiger partial charge in [-0.2, -0.15) is 0 Å². The van der Waals surface area contributed by atoms with Crippen molar-refractivity contribution in [3.63, 3.8) is 0 Å². The standard InChI is InChI=1S/C15H20BrNO4/c1-20-10-9-17(14(18)11-16)8-7-15(19)21-12-13-5-3-2-4-6-13/h2-6H,7-12H2,1H3. The molecule has 0 spiro atoms. The lowest BCUT2D eigenvalue weighted by molar-refractivity contribution is -0.145. The minimum absolute atomic E-state index is 0.0668. The van der Waals surface area contributed by atoms with Crippen LogP contribution in [0.25, 0.3) is 0 Å². The van der Waals surface area contributed by atoms with E-state index in [9.17, 15) is 9.59 Å². The zero-order chi connectivity index (χ0) is 15.5. The van der Waals surface area contributed by atoms with Gasteiger partial charge in [-0.1, -0.05) is 46.3 Å². The Labute approximate surface area is 133 Å². The molecule has 6 heteroatoms. The third-order valence-electron chi connectivity index (χ3n) is 2.86. The van der Waals surface area contributed by atoms with E-state index < -0.39 is 0 Å². The fourth-order valence-electron chi connectivity index (χ4n) is 1.68. The summed E-state index contributed by atoms with van der Waals surface area (Å²) in [6.07, 6.45) is 0.176. The van der Waals surface area contributed by atoms with Gasteiger partial charge in [-0.25, -0.2) is 0 Å². The summed E-state index contributed by atoms with van der Waals surface area (Å²) in [5.74, 6) is -0.383. The minimum atomic E-state index is -0.316.